The van der Waals surface area contributed by atoms with Crippen LogP contribution in [0.25, 0.3) is 0 Å². The summed E-state index contributed by atoms with van der Waals surface area (Å²) >= 11 is 0. The summed E-state index contributed by atoms with van der Waals surface area (Å²) < 4.78 is 35.5. The number of rotatable bonds is 12. The molecule has 4 aromatic rings. The number of carbonyl (C=O) groups excluding carboxylic acids is 4. The first kappa shape index (κ1) is 33.1. The second kappa shape index (κ2) is 15.3. The maximum Gasteiger partial charge on any atom is 0.338 e. The lowest BCUT2D eigenvalue weighted by atomic mass is 10.0. The van der Waals surface area contributed by atoms with Crippen molar-refractivity contribution in [1.29, 1.82) is 0 Å². The Hall–Kier alpha value is -5.32. The molecule has 4 atom stereocenters. The standard InChI is InChI=1S/C37H34O10/c1-37(2)46-31(29(44-35(40)27-19-11-5-12-20-27)23-42-33(38)25-15-7-3-8-16-25)32(47-37)30(45-36(41)28-21-13-6-14-22-28)24-43-34(39)26-17-9-4-10-18-26/h3-22,29-32H,23-24H2,1-2H3/t29-,30+,31+,32-. The van der Waals surface area contributed by atoms with Crippen LogP contribution in [-0.2, 0) is 28.4 Å². The van der Waals surface area contributed by atoms with Crippen LogP contribution in [-0.4, -0.2) is 67.3 Å². The molecule has 1 aliphatic rings. The van der Waals surface area contributed by atoms with E-state index in [4.69, 9.17) is 28.4 Å². The molecule has 4 aromatic carbocycles. The van der Waals surface area contributed by atoms with Gasteiger partial charge in [-0.1, -0.05) is 72.8 Å². The molecule has 0 aliphatic carbocycles. The largest absolute Gasteiger partial charge is 0.458 e. The third kappa shape index (κ3) is 8.90. The van der Waals surface area contributed by atoms with Crippen molar-refractivity contribution in [2.24, 2.45) is 0 Å². The van der Waals surface area contributed by atoms with Crippen molar-refractivity contribution in [3.8, 4) is 0 Å². The molecular weight excluding hydrogens is 604 g/mol. The van der Waals surface area contributed by atoms with E-state index in [-0.39, 0.29) is 11.1 Å². The molecule has 47 heavy (non-hydrogen) atoms. The molecule has 0 amide bonds. The fraction of sp³-hybridized carbons (Fsp3) is 0.243. The summed E-state index contributed by atoms with van der Waals surface area (Å²) in [7, 11) is 0. The highest BCUT2D eigenvalue weighted by Gasteiger charge is 2.52. The minimum absolute atomic E-state index is 0.255. The van der Waals surface area contributed by atoms with Crippen molar-refractivity contribution in [1.82, 2.24) is 0 Å². The van der Waals surface area contributed by atoms with E-state index in [1.807, 2.05) is 0 Å². The molecule has 0 radical (unpaired) electrons. The van der Waals surface area contributed by atoms with Crippen LogP contribution in [0.15, 0.2) is 121 Å². The zero-order valence-corrected chi connectivity index (χ0v) is 25.9. The van der Waals surface area contributed by atoms with Gasteiger partial charge in [0.25, 0.3) is 0 Å². The predicted molar refractivity (Wildman–Crippen MR) is 169 cm³/mol. The van der Waals surface area contributed by atoms with E-state index in [1.54, 1.807) is 135 Å². The summed E-state index contributed by atoms with van der Waals surface area (Å²) in [5.74, 6) is -3.97. The van der Waals surface area contributed by atoms with Gasteiger partial charge in [0.05, 0.1) is 22.3 Å². The second-order valence-electron chi connectivity index (χ2n) is 11.1. The fourth-order valence-corrected chi connectivity index (χ4v) is 4.97. The third-order valence-electron chi connectivity index (χ3n) is 7.21. The van der Waals surface area contributed by atoms with Gasteiger partial charge in [-0.3, -0.25) is 0 Å². The minimum Gasteiger partial charge on any atom is -0.458 e. The average molecular weight is 639 g/mol. The first-order valence-electron chi connectivity index (χ1n) is 15.0. The van der Waals surface area contributed by atoms with E-state index in [1.165, 1.54) is 0 Å². The average Bonchev–Trinajstić information content (AvgIpc) is 3.44. The van der Waals surface area contributed by atoms with Gasteiger partial charge < -0.3 is 28.4 Å². The molecule has 10 nitrogen and oxygen atoms in total. The first-order chi connectivity index (χ1) is 22.7. The molecule has 5 rings (SSSR count). The third-order valence-corrected chi connectivity index (χ3v) is 7.21. The Morgan fingerprint density at radius 3 is 1.09 bits per heavy atom. The normalized spacial score (nSPS) is 17.9. The van der Waals surface area contributed by atoms with Crippen LogP contribution < -0.4 is 0 Å². The SMILES string of the molecule is CC1(C)O[C@@H]([C@@H](COC(=O)c2ccccc2)OC(=O)c2ccccc2)[C@@H]([C@H](COC(=O)c2ccccc2)OC(=O)c2ccccc2)O1. The Balaban J connectivity index is 1.44. The number of carbonyl (C=O) groups is 4. The molecule has 242 valence electrons. The molecule has 0 bridgehead atoms. The molecule has 0 aromatic heterocycles. The number of hydrogen-bond acceptors (Lipinski definition) is 10. The lowest BCUT2D eigenvalue weighted by Gasteiger charge is -2.30. The maximum atomic E-state index is 13.3. The van der Waals surface area contributed by atoms with Gasteiger partial charge in [-0.25, -0.2) is 19.2 Å². The lowest BCUT2D eigenvalue weighted by molar-refractivity contribution is -0.164. The van der Waals surface area contributed by atoms with Crippen LogP contribution in [0, 0.1) is 0 Å². The summed E-state index contributed by atoms with van der Waals surface area (Å²) in [6, 6.07) is 33.2. The molecule has 0 unspecified atom stereocenters. The maximum absolute atomic E-state index is 13.3. The van der Waals surface area contributed by atoms with Gasteiger partial charge in [-0.2, -0.15) is 0 Å². The monoisotopic (exact) mass is 638 g/mol. The van der Waals surface area contributed by atoms with Crippen molar-refractivity contribution >= 4 is 23.9 Å². The molecular formula is C37H34O10. The van der Waals surface area contributed by atoms with Gasteiger partial charge in [0, 0.05) is 0 Å². The van der Waals surface area contributed by atoms with E-state index >= 15 is 0 Å². The second-order valence-corrected chi connectivity index (χ2v) is 11.1. The fourth-order valence-electron chi connectivity index (χ4n) is 4.97. The molecule has 1 aliphatic heterocycles. The Labute approximate surface area is 272 Å². The van der Waals surface area contributed by atoms with Crippen LogP contribution in [0.5, 0.6) is 0 Å². The number of ether oxygens (including phenoxy) is 6. The quantitative estimate of drug-likeness (QED) is 0.142. The van der Waals surface area contributed by atoms with Crippen LogP contribution >= 0.6 is 0 Å². The lowest BCUT2D eigenvalue weighted by Crippen LogP contribution is -2.49. The van der Waals surface area contributed by atoms with E-state index in [0.717, 1.165) is 0 Å². The van der Waals surface area contributed by atoms with E-state index in [0.29, 0.717) is 11.1 Å². The van der Waals surface area contributed by atoms with E-state index < -0.39 is 67.3 Å². The summed E-state index contributed by atoms with van der Waals surface area (Å²) in [5.41, 5.74) is 1.10. The highest BCUT2D eigenvalue weighted by atomic mass is 16.8. The summed E-state index contributed by atoms with van der Waals surface area (Å²) in [5, 5.41) is 0. The zero-order chi connectivity index (χ0) is 33.2. The molecule has 0 spiro atoms. The van der Waals surface area contributed by atoms with Gasteiger partial charge >= 0.3 is 23.9 Å². The van der Waals surface area contributed by atoms with Gasteiger partial charge in [-0.05, 0) is 62.4 Å². The number of hydrogen-bond donors (Lipinski definition) is 0. The Morgan fingerprint density at radius 1 is 0.511 bits per heavy atom. The molecule has 0 saturated carbocycles. The van der Waals surface area contributed by atoms with Gasteiger partial charge in [0.2, 0.25) is 0 Å². The van der Waals surface area contributed by atoms with Crippen molar-refractivity contribution < 1.29 is 47.6 Å². The summed E-state index contributed by atoms with van der Waals surface area (Å²) in [6.45, 7) is 2.43. The van der Waals surface area contributed by atoms with Crippen LogP contribution in [0.2, 0.25) is 0 Å². The molecule has 1 fully saturated rings. The predicted octanol–water partition coefficient (Wildman–Crippen LogP) is 5.67. The number of esters is 4. The molecule has 0 N–H and O–H groups in total. The Morgan fingerprint density at radius 2 is 0.787 bits per heavy atom. The summed E-state index contributed by atoms with van der Waals surface area (Å²) in [4.78, 5) is 52.4. The summed E-state index contributed by atoms with van der Waals surface area (Å²) in [6.07, 6.45) is -4.73. The molecule has 1 heterocycles. The Kier molecular flexibility index (Phi) is 10.8. The topological polar surface area (TPSA) is 124 Å². The van der Waals surface area contributed by atoms with Gasteiger partial charge in [0.1, 0.15) is 25.4 Å². The van der Waals surface area contributed by atoms with Crippen molar-refractivity contribution in [3.05, 3.63) is 144 Å². The van der Waals surface area contributed by atoms with E-state index in [2.05, 4.69) is 0 Å². The van der Waals surface area contributed by atoms with Crippen LogP contribution in [0.3, 0.4) is 0 Å². The first-order valence-corrected chi connectivity index (χ1v) is 15.0. The highest BCUT2D eigenvalue weighted by Crippen LogP contribution is 2.35. The van der Waals surface area contributed by atoms with Crippen molar-refractivity contribution in [3.63, 3.8) is 0 Å². The molecule has 1 saturated heterocycles. The van der Waals surface area contributed by atoms with Gasteiger partial charge in [-0.15, -0.1) is 0 Å². The molecule has 10 heteroatoms. The van der Waals surface area contributed by atoms with Crippen LogP contribution in [0.4, 0.5) is 0 Å². The van der Waals surface area contributed by atoms with Crippen molar-refractivity contribution in [2.75, 3.05) is 13.2 Å². The van der Waals surface area contributed by atoms with E-state index in [9.17, 15) is 19.2 Å². The van der Waals surface area contributed by atoms with Crippen molar-refractivity contribution in [2.45, 2.75) is 44.1 Å². The minimum atomic E-state index is -1.27. The highest BCUT2D eigenvalue weighted by molar-refractivity contribution is 5.91. The zero-order valence-electron chi connectivity index (χ0n) is 25.9. The van der Waals surface area contributed by atoms with Crippen LogP contribution in [0.1, 0.15) is 55.3 Å². The smallest absolute Gasteiger partial charge is 0.338 e. The number of benzene rings is 4. The Bertz CT molecular complexity index is 1520. The van der Waals surface area contributed by atoms with Gasteiger partial charge in [0.15, 0.2) is 18.0 Å².